The van der Waals surface area contributed by atoms with Gasteiger partial charge in [0.1, 0.15) is 11.5 Å². The Hall–Kier alpha value is -2.74. The fourth-order valence-corrected chi connectivity index (χ4v) is 4.44. The number of morpholine rings is 1. The number of rotatable bonds is 4. The molecule has 0 saturated carbocycles. The minimum atomic E-state index is -0.168. The summed E-state index contributed by atoms with van der Waals surface area (Å²) < 4.78 is 11.0. The molecule has 2 aliphatic rings. The largest absolute Gasteiger partial charge is 0.507 e. The smallest absolute Gasteiger partial charge is 0.175 e. The second-order valence-corrected chi connectivity index (χ2v) is 8.39. The lowest BCUT2D eigenvalue weighted by Gasteiger charge is -2.30. The molecule has 3 aromatic rings. The summed E-state index contributed by atoms with van der Waals surface area (Å²) in [7, 11) is 0. The first-order chi connectivity index (χ1) is 15.1. The van der Waals surface area contributed by atoms with Crippen molar-refractivity contribution < 1.29 is 19.5 Å². The molecule has 31 heavy (non-hydrogen) atoms. The topological polar surface area (TPSA) is 82.2 Å². The molecule has 162 valence electrons. The molecular weight excluding hydrogens is 418 g/mol. The Morgan fingerprint density at radius 2 is 1.87 bits per heavy atom. The van der Waals surface area contributed by atoms with E-state index in [0.717, 1.165) is 57.1 Å². The Morgan fingerprint density at radius 3 is 2.71 bits per heavy atom. The molecule has 3 heterocycles. The van der Waals surface area contributed by atoms with Gasteiger partial charge in [-0.15, -0.1) is 0 Å². The molecule has 0 radical (unpaired) electrons. The van der Waals surface area contributed by atoms with Crippen LogP contribution in [0.25, 0.3) is 11.3 Å². The number of phenolic OH excluding ortho intramolecular Hbond substituents is 2. The zero-order valence-corrected chi connectivity index (χ0v) is 17.8. The van der Waals surface area contributed by atoms with Crippen LogP contribution in [0.4, 0.5) is 5.69 Å². The normalized spacial score (nSPS) is 17.0. The van der Waals surface area contributed by atoms with Crippen LogP contribution in [0.3, 0.4) is 0 Å². The summed E-state index contributed by atoms with van der Waals surface area (Å²) in [5.74, 6) is 0.246. The highest BCUT2D eigenvalue weighted by molar-refractivity contribution is 6.32. The van der Waals surface area contributed by atoms with E-state index in [4.69, 9.17) is 20.9 Å². The van der Waals surface area contributed by atoms with Crippen LogP contribution in [0.2, 0.25) is 5.02 Å². The molecule has 0 aliphatic carbocycles. The van der Waals surface area contributed by atoms with Crippen LogP contribution >= 0.6 is 11.6 Å². The van der Waals surface area contributed by atoms with E-state index in [9.17, 15) is 10.2 Å². The van der Waals surface area contributed by atoms with Gasteiger partial charge in [-0.2, -0.15) is 0 Å². The highest BCUT2D eigenvalue weighted by atomic mass is 35.5. The van der Waals surface area contributed by atoms with Crippen molar-refractivity contribution in [2.75, 3.05) is 37.7 Å². The molecular formula is C23H24ClN3O4. The van der Waals surface area contributed by atoms with Crippen molar-refractivity contribution >= 4 is 17.3 Å². The number of hydrogen-bond donors (Lipinski definition) is 2. The van der Waals surface area contributed by atoms with Crippen molar-refractivity contribution in [1.82, 2.24) is 10.1 Å². The van der Waals surface area contributed by atoms with Gasteiger partial charge in [-0.05, 0) is 23.8 Å². The first kappa shape index (κ1) is 20.2. The van der Waals surface area contributed by atoms with Crippen LogP contribution < -0.4 is 4.90 Å². The lowest BCUT2D eigenvalue weighted by molar-refractivity contribution is 0.122. The van der Waals surface area contributed by atoms with Crippen molar-refractivity contribution in [2.45, 2.75) is 19.5 Å². The number of hydrogen-bond acceptors (Lipinski definition) is 7. The van der Waals surface area contributed by atoms with Gasteiger partial charge in [0, 0.05) is 56.5 Å². The van der Waals surface area contributed by atoms with Gasteiger partial charge in [0.2, 0.25) is 0 Å². The van der Waals surface area contributed by atoms with Crippen LogP contribution in [0.5, 0.6) is 11.5 Å². The van der Waals surface area contributed by atoms with Crippen LogP contribution in [-0.2, 0) is 24.2 Å². The number of anilines is 1. The summed E-state index contributed by atoms with van der Waals surface area (Å²) in [5.41, 5.74) is 4.77. The maximum atomic E-state index is 10.3. The maximum absolute atomic E-state index is 10.3. The maximum Gasteiger partial charge on any atom is 0.175 e. The molecule has 1 fully saturated rings. The number of aromatic hydroxyl groups is 2. The van der Waals surface area contributed by atoms with Gasteiger partial charge in [-0.25, -0.2) is 0 Å². The Balaban J connectivity index is 1.36. The molecule has 2 aromatic carbocycles. The van der Waals surface area contributed by atoms with E-state index in [0.29, 0.717) is 17.9 Å². The first-order valence-electron chi connectivity index (χ1n) is 10.4. The monoisotopic (exact) mass is 441 g/mol. The molecule has 0 spiro atoms. The van der Waals surface area contributed by atoms with E-state index in [-0.39, 0.29) is 16.5 Å². The number of phenols is 2. The zero-order valence-electron chi connectivity index (χ0n) is 17.1. The highest BCUT2D eigenvalue weighted by Crippen LogP contribution is 2.40. The summed E-state index contributed by atoms with van der Waals surface area (Å²) in [6.07, 6.45) is 0.772. The molecule has 7 nitrogen and oxygen atoms in total. The molecule has 8 heteroatoms. The fourth-order valence-electron chi connectivity index (χ4n) is 4.28. The summed E-state index contributed by atoms with van der Waals surface area (Å²) in [6.45, 7) is 5.72. The van der Waals surface area contributed by atoms with Crippen LogP contribution in [0.1, 0.15) is 16.8 Å². The van der Waals surface area contributed by atoms with Gasteiger partial charge >= 0.3 is 0 Å². The van der Waals surface area contributed by atoms with E-state index in [1.54, 1.807) is 0 Å². The predicted molar refractivity (Wildman–Crippen MR) is 118 cm³/mol. The van der Waals surface area contributed by atoms with Gasteiger partial charge < -0.3 is 24.4 Å². The fraction of sp³-hybridized carbons (Fsp3) is 0.348. The quantitative estimate of drug-likeness (QED) is 0.637. The van der Waals surface area contributed by atoms with Gasteiger partial charge in [-0.3, -0.25) is 4.90 Å². The predicted octanol–water partition coefficient (Wildman–Crippen LogP) is 3.80. The summed E-state index contributed by atoms with van der Waals surface area (Å²) in [6, 6.07) is 11.4. The van der Waals surface area contributed by atoms with E-state index >= 15 is 0 Å². The highest BCUT2D eigenvalue weighted by Gasteiger charge is 2.27. The lowest BCUT2D eigenvalue weighted by Crippen LogP contribution is -2.36. The van der Waals surface area contributed by atoms with Gasteiger partial charge in [-0.1, -0.05) is 28.9 Å². The summed E-state index contributed by atoms with van der Waals surface area (Å²) in [4.78, 5) is 4.71. The Morgan fingerprint density at radius 1 is 1.03 bits per heavy atom. The zero-order chi connectivity index (χ0) is 21.4. The van der Waals surface area contributed by atoms with Crippen molar-refractivity contribution in [3.63, 3.8) is 0 Å². The number of halogens is 1. The number of ether oxygens (including phenoxy) is 1. The molecule has 2 aliphatic heterocycles. The number of nitrogens with zero attached hydrogens (tertiary/aromatic N) is 3. The molecule has 1 aromatic heterocycles. The molecule has 2 N–H and O–H groups in total. The van der Waals surface area contributed by atoms with Crippen LogP contribution in [0, 0.1) is 0 Å². The minimum Gasteiger partial charge on any atom is -0.507 e. The molecule has 0 amide bonds. The SMILES string of the molecule is Oc1cc(O)c(-c2onc3c2CN(Cc2cccc(N4CCOCC4)c2)CC3)cc1Cl. The van der Waals surface area contributed by atoms with Gasteiger partial charge in [0.25, 0.3) is 0 Å². The number of benzene rings is 2. The first-order valence-corrected chi connectivity index (χ1v) is 10.8. The number of fused-ring (bicyclic) bond motifs is 1. The summed E-state index contributed by atoms with van der Waals surface area (Å²) in [5, 5.41) is 24.4. The van der Waals surface area contributed by atoms with Crippen molar-refractivity contribution in [3.8, 4) is 22.8 Å². The average Bonchev–Trinajstić information content (AvgIpc) is 3.20. The number of aromatic nitrogens is 1. The van der Waals surface area contributed by atoms with Gasteiger partial charge in [0.05, 0.1) is 29.5 Å². The second kappa shape index (κ2) is 8.42. The van der Waals surface area contributed by atoms with Crippen LogP contribution in [-0.4, -0.2) is 53.1 Å². The third kappa shape index (κ3) is 4.08. The average molecular weight is 442 g/mol. The van der Waals surface area contributed by atoms with E-state index in [1.807, 2.05) is 0 Å². The van der Waals surface area contributed by atoms with E-state index in [1.165, 1.54) is 23.4 Å². The Bertz CT molecular complexity index is 1090. The van der Waals surface area contributed by atoms with Gasteiger partial charge in [0.15, 0.2) is 5.76 Å². The van der Waals surface area contributed by atoms with Crippen molar-refractivity contribution in [3.05, 3.63) is 58.2 Å². The Kier molecular flexibility index (Phi) is 5.48. The third-order valence-corrected chi connectivity index (χ3v) is 6.22. The molecule has 5 rings (SSSR count). The minimum absolute atomic E-state index is 0.0869. The standard InChI is InChI=1S/C23H24ClN3O4/c24-19-11-17(21(28)12-22(19)29)23-18-14-26(5-4-20(18)25-31-23)13-15-2-1-3-16(10-15)27-6-8-30-9-7-27/h1-3,10-12,28-29H,4-9,13-14H2. The van der Waals surface area contributed by atoms with Crippen molar-refractivity contribution in [2.24, 2.45) is 0 Å². The van der Waals surface area contributed by atoms with Crippen LogP contribution in [0.15, 0.2) is 40.9 Å². The summed E-state index contributed by atoms with van der Waals surface area (Å²) >= 11 is 6.06. The van der Waals surface area contributed by atoms with E-state index < -0.39 is 0 Å². The lowest BCUT2D eigenvalue weighted by atomic mass is 10.00. The Labute approximate surface area is 185 Å². The van der Waals surface area contributed by atoms with E-state index in [2.05, 4.69) is 39.2 Å². The molecule has 1 saturated heterocycles. The van der Waals surface area contributed by atoms with Crippen molar-refractivity contribution in [1.29, 1.82) is 0 Å². The third-order valence-electron chi connectivity index (χ3n) is 5.92. The molecule has 0 bridgehead atoms. The second-order valence-electron chi connectivity index (χ2n) is 7.99. The molecule has 0 atom stereocenters. The molecule has 0 unspecified atom stereocenters.